The van der Waals surface area contributed by atoms with E-state index in [9.17, 15) is 13.2 Å². The van der Waals surface area contributed by atoms with E-state index in [2.05, 4.69) is 70.7 Å². The molecule has 0 saturated heterocycles. The number of halogens is 4. The number of fused-ring (bicyclic) bond motifs is 1. The van der Waals surface area contributed by atoms with Gasteiger partial charge >= 0.3 is 6.18 Å². The normalized spacial score (nSPS) is 12.8. The van der Waals surface area contributed by atoms with Crippen LogP contribution in [0.2, 0.25) is 0 Å². The highest BCUT2D eigenvalue weighted by Gasteiger charge is 2.25. The van der Waals surface area contributed by atoms with Gasteiger partial charge in [0.15, 0.2) is 0 Å². The van der Waals surface area contributed by atoms with Crippen molar-refractivity contribution in [2.75, 3.05) is 20.1 Å². The minimum absolute atomic E-state index is 0.0376. The molecule has 0 fully saturated rings. The summed E-state index contributed by atoms with van der Waals surface area (Å²) >= 11 is 2.33. The lowest BCUT2D eigenvalue weighted by molar-refractivity contribution is -0.156. The second-order valence-electron chi connectivity index (χ2n) is 7.50. The Morgan fingerprint density at radius 2 is 2.06 bits per heavy atom. The van der Waals surface area contributed by atoms with Gasteiger partial charge in [0.05, 0.1) is 40.7 Å². The van der Waals surface area contributed by atoms with Crippen LogP contribution in [0.25, 0.3) is 28.2 Å². The molecule has 0 aliphatic heterocycles. The van der Waals surface area contributed by atoms with E-state index in [1.807, 2.05) is 24.6 Å². The van der Waals surface area contributed by atoms with Crippen molar-refractivity contribution in [2.45, 2.75) is 33.1 Å². The summed E-state index contributed by atoms with van der Waals surface area (Å²) in [4.78, 5) is 15.8. The van der Waals surface area contributed by atoms with Crippen molar-refractivity contribution < 1.29 is 22.7 Å². The van der Waals surface area contributed by atoms with Gasteiger partial charge in [-0.15, -0.1) is 0 Å². The standard InChI is InChI=1S/C19H26IN6OP.C2HF3O/c1-7-16-14-9-17(22-13(4)18(14)26(23-16)28-20)15-10-21-25(6)19(15)27-12(3)11-24(5)8-2;3-2(4,5)1-6/h7,9-10,12,28H,1,8,11H2,2-6H3;1H. The summed E-state index contributed by atoms with van der Waals surface area (Å²) in [6, 6.07) is 2.06. The quantitative estimate of drug-likeness (QED) is 0.202. The molecule has 0 bridgehead atoms. The molecule has 0 N–H and O–H groups in total. The second-order valence-corrected chi connectivity index (χ2v) is 9.54. The molecule has 186 valence electrons. The number of aryl methyl sites for hydroxylation is 2. The first-order valence-corrected chi connectivity index (χ1v) is 14.3. The van der Waals surface area contributed by atoms with Crippen molar-refractivity contribution in [1.29, 1.82) is 0 Å². The maximum Gasteiger partial charge on any atom is 0.446 e. The van der Waals surface area contributed by atoms with E-state index in [4.69, 9.17) is 14.5 Å². The fourth-order valence-electron chi connectivity index (χ4n) is 3.23. The zero-order chi connectivity index (χ0) is 25.6. The number of aromatic nitrogens is 5. The van der Waals surface area contributed by atoms with E-state index in [0.717, 1.165) is 52.5 Å². The molecule has 2 unspecified atom stereocenters. The van der Waals surface area contributed by atoms with E-state index in [-0.39, 0.29) is 6.10 Å². The van der Waals surface area contributed by atoms with Crippen molar-refractivity contribution in [2.24, 2.45) is 7.05 Å². The fraction of sp³-hybridized carbons (Fsp3) is 0.429. The average Bonchev–Trinajstić information content (AvgIpc) is 3.33. The van der Waals surface area contributed by atoms with Gasteiger partial charge in [0, 0.05) is 19.0 Å². The fourth-order valence-corrected chi connectivity index (χ4v) is 4.79. The monoisotopic (exact) mass is 610 g/mol. The molecule has 34 heavy (non-hydrogen) atoms. The molecule has 2 atom stereocenters. The van der Waals surface area contributed by atoms with E-state index in [1.165, 1.54) is 0 Å². The average molecular weight is 610 g/mol. The molecule has 8 nitrogen and oxygen atoms in total. The molecule has 3 heterocycles. The Morgan fingerprint density at radius 1 is 1.41 bits per heavy atom. The third-order valence-electron chi connectivity index (χ3n) is 4.85. The first kappa shape index (κ1) is 28.2. The molecule has 0 aliphatic rings. The summed E-state index contributed by atoms with van der Waals surface area (Å²) in [5.74, 6) is 0.728. The predicted octanol–water partition coefficient (Wildman–Crippen LogP) is 5.04. The lowest BCUT2D eigenvalue weighted by Crippen LogP contribution is -2.31. The summed E-state index contributed by atoms with van der Waals surface area (Å²) in [5, 5.41) is 10.1. The van der Waals surface area contributed by atoms with Gasteiger partial charge in [-0.1, -0.05) is 13.5 Å². The zero-order valence-corrected chi connectivity index (χ0v) is 22.7. The maximum atomic E-state index is 10.4. The minimum Gasteiger partial charge on any atom is -0.473 e. The maximum absolute atomic E-state index is 10.4. The van der Waals surface area contributed by atoms with Crippen LogP contribution in [0.3, 0.4) is 0 Å². The van der Waals surface area contributed by atoms with Gasteiger partial charge in [-0.3, -0.25) is 9.78 Å². The number of aldehydes is 1. The molecule has 0 amide bonds. The van der Waals surface area contributed by atoms with Gasteiger partial charge < -0.3 is 9.64 Å². The highest BCUT2D eigenvalue weighted by molar-refractivity contribution is 14.2. The first-order valence-electron chi connectivity index (χ1n) is 10.3. The van der Waals surface area contributed by atoms with Crippen LogP contribution in [0.1, 0.15) is 25.2 Å². The van der Waals surface area contributed by atoms with Crippen molar-refractivity contribution in [3.8, 4) is 17.1 Å². The lowest BCUT2D eigenvalue weighted by atomic mass is 10.1. The highest BCUT2D eigenvalue weighted by Crippen LogP contribution is 2.36. The summed E-state index contributed by atoms with van der Waals surface area (Å²) in [6.45, 7) is 12.0. The van der Waals surface area contributed by atoms with Crippen molar-refractivity contribution in [1.82, 2.24) is 29.2 Å². The largest absolute Gasteiger partial charge is 0.473 e. The SMILES string of the molecule is C=Cc1nn(PI)c2c(C)nc(-c3cnn(C)c3OC(C)CN(C)CC)cc12.O=CC(F)(F)F. The van der Waals surface area contributed by atoms with Gasteiger partial charge in [0.25, 0.3) is 0 Å². The van der Waals surface area contributed by atoms with Crippen LogP contribution in [0.4, 0.5) is 13.2 Å². The van der Waals surface area contributed by atoms with Gasteiger partial charge in [-0.2, -0.15) is 23.4 Å². The molecule has 3 aromatic heterocycles. The lowest BCUT2D eigenvalue weighted by Gasteiger charge is -2.21. The number of alkyl halides is 3. The number of hydrogen-bond donors (Lipinski definition) is 0. The van der Waals surface area contributed by atoms with Crippen LogP contribution in [0.5, 0.6) is 5.88 Å². The Hall–Kier alpha value is -2.05. The highest BCUT2D eigenvalue weighted by atomic mass is 127. The van der Waals surface area contributed by atoms with E-state index < -0.39 is 12.5 Å². The number of hydrogen-bond acceptors (Lipinski definition) is 6. The number of pyridine rings is 1. The molecule has 0 spiro atoms. The van der Waals surface area contributed by atoms with Crippen molar-refractivity contribution in [3.05, 3.63) is 30.2 Å². The number of ether oxygens (including phenoxy) is 1. The number of likely N-dealkylation sites (N-methyl/N-ethyl adjacent to an activating group) is 1. The molecule has 0 saturated carbocycles. The van der Waals surface area contributed by atoms with Crippen LogP contribution in [-0.4, -0.2) is 67.9 Å². The molecule has 0 radical (unpaired) electrons. The van der Waals surface area contributed by atoms with Crippen LogP contribution in [0.15, 0.2) is 18.8 Å². The Balaban J connectivity index is 0.000000604. The van der Waals surface area contributed by atoms with Crippen molar-refractivity contribution in [3.63, 3.8) is 0 Å². The molecular weight excluding hydrogens is 583 g/mol. The third kappa shape index (κ3) is 6.98. The smallest absolute Gasteiger partial charge is 0.446 e. The Morgan fingerprint density at radius 3 is 2.59 bits per heavy atom. The first-order chi connectivity index (χ1) is 15.9. The van der Waals surface area contributed by atoms with Crippen LogP contribution in [0, 0.1) is 6.92 Å². The Bertz CT molecular complexity index is 1150. The molecule has 3 rings (SSSR count). The molecule has 3 aromatic rings. The molecule has 0 aliphatic carbocycles. The number of nitrogens with zero attached hydrogens (tertiary/aromatic N) is 6. The third-order valence-corrected chi connectivity index (χ3v) is 6.71. The molecule has 0 aromatic carbocycles. The van der Waals surface area contributed by atoms with E-state index in [1.54, 1.807) is 10.8 Å². The molecular formula is C21H27F3IN6O2P. The number of carbonyl (C=O) groups excluding carboxylic acids is 1. The van der Waals surface area contributed by atoms with Gasteiger partial charge in [-0.25, -0.2) is 9.13 Å². The van der Waals surface area contributed by atoms with Crippen LogP contribution >= 0.6 is 28.4 Å². The van der Waals surface area contributed by atoms with Crippen LogP contribution < -0.4 is 4.74 Å². The Kier molecular flexibility index (Phi) is 10.0. The summed E-state index contributed by atoms with van der Waals surface area (Å²) in [7, 11) is 3.98. The summed E-state index contributed by atoms with van der Waals surface area (Å²) < 4.78 is 41.3. The topological polar surface area (TPSA) is 78.1 Å². The van der Waals surface area contributed by atoms with Crippen molar-refractivity contribution >= 4 is 51.7 Å². The summed E-state index contributed by atoms with van der Waals surface area (Å²) in [5.41, 5.74) is 4.58. The van der Waals surface area contributed by atoms with E-state index >= 15 is 0 Å². The van der Waals surface area contributed by atoms with Gasteiger partial charge in [0.2, 0.25) is 12.2 Å². The summed E-state index contributed by atoms with van der Waals surface area (Å²) in [6.07, 6.45) is -1.55. The second kappa shape index (κ2) is 12.1. The van der Waals surface area contributed by atoms with Crippen LogP contribution in [-0.2, 0) is 11.8 Å². The van der Waals surface area contributed by atoms with Gasteiger partial charge in [0.1, 0.15) is 6.10 Å². The zero-order valence-electron chi connectivity index (χ0n) is 19.5. The Labute approximate surface area is 210 Å². The minimum atomic E-state index is -4.64. The predicted molar refractivity (Wildman–Crippen MR) is 138 cm³/mol. The molecule has 13 heteroatoms. The van der Waals surface area contributed by atoms with E-state index in [0.29, 0.717) is 6.37 Å². The number of carbonyl (C=O) groups is 1. The number of rotatable bonds is 8. The van der Waals surface area contributed by atoms with Gasteiger partial charge in [-0.05, 0) is 61.6 Å².